The normalized spacial score (nSPS) is 10.7. The van der Waals surface area contributed by atoms with E-state index in [4.69, 9.17) is 4.52 Å². The van der Waals surface area contributed by atoms with Crippen LogP contribution in [0, 0.1) is 6.92 Å². The van der Waals surface area contributed by atoms with Gasteiger partial charge in [0.15, 0.2) is 0 Å². The van der Waals surface area contributed by atoms with Crippen molar-refractivity contribution in [2.24, 2.45) is 0 Å². The van der Waals surface area contributed by atoms with Crippen LogP contribution < -0.4 is 5.32 Å². The van der Waals surface area contributed by atoms with Gasteiger partial charge in [-0.1, -0.05) is 29.4 Å². The predicted octanol–water partition coefficient (Wildman–Crippen LogP) is 3.55. The quantitative estimate of drug-likeness (QED) is 0.564. The molecule has 0 aliphatic rings. The first-order valence-electron chi connectivity index (χ1n) is 8.64. The fraction of sp³-hybridized carbons (Fsp3) is 0.150. The van der Waals surface area contributed by atoms with E-state index in [1.807, 2.05) is 43.3 Å². The first-order chi connectivity index (χ1) is 13.3. The van der Waals surface area contributed by atoms with Crippen molar-refractivity contribution in [2.75, 3.05) is 11.9 Å². The molecule has 0 fully saturated rings. The maximum absolute atomic E-state index is 5.40. The first-order valence-corrected chi connectivity index (χ1v) is 8.64. The molecule has 0 saturated heterocycles. The summed E-state index contributed by atoms with van der Waals surface area (Å²) in [6.45, 7) is 2.75. The average molecular weight is 358 g/mol. The number of rotatable bonds is 6. The molecular formula is C20H18N6O. The summed E-state index contributed by atoms with van der Waals surface area (Å²) in [7, 11) is 0. The topological polar surface area (TPSA) is 89.6 Å². The van der Waals surface area contributed by atoms with Gasteiger partial charge in [-0.15, -0.1) is 0 Å². The summed E-state index contributed by atoms with van der Waals surface area (Å²) in [4.78, 5) is 17.2. The minimum absolute atomic E-state index is 0.451. The van der Waals surface area contributed by atoms with Crippen molar-refractivity contribution in [3.63, 3.8) is 0 Å². The van der Waals surface area contributed by atoms with Gasteiger partial charge in [-0.05, 0) is 24.6 Å². The fourth-order valence-electron chi connectivity index (χ4n) is 2.68. The highest BCUT2D eigenvalue weighted by molar-refractivity contribution is 5.62. The molecule has 3 aromatic heterocycles. The minimum Gasteiger partial charge on any atom is -0.370 e. The summed E-state index contributed by atoms with van der Waals surface area (Å²) in [5, 5.41) is 7.35. The number of benzene rings is 1. The Bertz CT molecular complexity index is 1010. The number of nitrogens with one attached hydrogen (secondary N) is 1. The highest BCUT2D eigenvalue weighted by Crippen LogP contribution is 2.24. The molecule has 0 aliphatic carbocycles. The molecule has 7 nitrogen and oxygen atoms in total. The summed E-state index contributed by atoms with van der Waals surface area (Å²) in [6.07, 6.45) is 7.62. The molecule has 134 valence electrons. The molecule has 0 unspecified atom stereocenters. The lowest BCUT2D eigenvalue weighted by Gasteiger charge is -2.05. The van der Waals surface area contributed by atoms with Gasteiger partial charge in [-0.25, -0.2) is 4.98 Å². The van der Waals surface area contributed by atoms with E-state index >= 15 is 0 Å². The lowest BCUT2D eigenvalue weighted by Crippen LogP contribution is -2.07. The Balaban J connectivity index is 1.41. The van der Waals surface area contributed by atoms with Gasteiger partial charge in [0, 0.05) is 43.3 Å². The highest BCUT2D eigenvalue weighted by Gasteiger charge is 2.12. The van der Waals surface area contributed by atoms with Crippen LogP contribution in [-0.4, -0.2) is 31.6 Å². The van der Waals surface area contributed by atoms with Crippen molar-refractivity contribution in [3.8, 4) is 22.8 Å². The maximum Gasteiger partial charge on any atom is 0.259 e. The number of anilines is 1. The number of nitrogens with zero attached hydrogens (tertiary/aromatic N) is 5. The Morgan fingerprint density at radius 3 is 2.70 bits per heavy atom. The predicted molar refractivity (Wildman–Crippen MR) is 102 cm³/mol. The van der Waals surface area contributed by atoms with E-state index in [0.717, 1.165) is 41.2 Å². The van der Waals surface area contributed by atoms with Gasteiger partial charge in [0.1, 0.15) is 5.82 Å². The molecule has 0 spiro atoms. The number of hydrogen-bond donors (Lipinski definition) is 1. The molecule has 0 atom stereocenters. The standard InChI is InChI=1S/C20H18N6O/c1-14-4-2-3-5-17(14)19-25-20(27-26-19)15-6-7-18(24-12-15)23-9-8-16-13-21-10-11-22-16/h2-7,10-13H,8-9H2,1H3,(H,23,24). The summed E-state index contributed by atoms with van der Waals surface area (Å²) in [5.74, 6) is 1.81. The molecule has 7 heteroatoms. The Hall–Kier alpha value is -3.61. The van der Waals surface area contributed by atoms with E-state index in [0.29, 0.717) is 11.7 Å². The third-order valence-electron chi connectivity index (χ3n) is 4.13. The van der Waals surface area contributed by atoms with Crippen LogP contribution in [0.2, 0.25) is 0 Å². The van der Waals surface area contributed by atoms with Gasteiger partial charge in [-0.3, -0.25) is 9.97 Å². The zero-order valence-corrected chi connectivity index (χ0v) is 14.8. The number of aryl methyl sites for hydroxylation is 1. The number of aromatic nitrogens is 5. The molecule has 4 aromatic rings. The van der Waals surface area contributed by atoms with Crippen LogP contribution in [0.5, 0.6) is 0 Å². The van der Waals surface area contributed by atoms with Crippen LogP contribution in [-0.2, 0) is 6.42 Å². The van der Waals surface area contributed by atoms with E-state index in [9.17, 15) is 0 Å². The van der Waals surface area contributed by atoms with Gasteiger partial charge in [0.2, 0.25) is 5.82 Å². The van der Waals surface area contributed by atoms with Crippen LogP contribution in [0.25, 0.3) is 22.8 Å². The fourth-order valence-corrected chi connectivity index (χ4v) is 2.68. The molecule has 0 saturated carbocycles. The number of hydrogen-bond acceptors (Lipinski definition) is 7. The molecule has 0 amide bonds. The summed E-state index contributed by atoms with van der Waals surface area (Å²) in [6, 6.07) is 11.7. The second kappa shape index (κ2) is 7.74. The molecule has 4 rings (SSSR count). The van der Waals surface area contributed by atoms with Gasteiger partial charge in [0.05, 0.1) is 11.3 Å². The van der Waals surface area contributed by atoms with Gasteiger partial charge in [0.25, 0.3) is 5.89 Å². The summed E-state index contributed by atoms with van der Waals surface area (Å²) in [5.41, 5.74) is 3.78. The van der Waals surface area contributed by atoms with Crippen LogP contribution in [0.15, 0.2) is 65.7 Å². The van der Waals surface area contributed by atoms with Gasteiger partial charge in [-0.2, -0.15) is 4.98 Å². The molecule has 0 radical (unpaired) electrons. The molecule has 3 heterocycles. The van der Waals surface area contributed by atoms with E-state index in [1.54, 1.807) is 24.8 Å². The summed E-state index contributed by atoms with van der Waals surface area (Å²) < 4.78 is 5.40. The van der Waals surface area contributed by atoms with Crippen molar-refractivity contribution >= 4 is 5.82 Å². The van der Waals surface area contributed by atoms with Crippen LogP contribution in [0.1, 0.15) is 11.3 Å². The SMILES string of the molecule is Cc1ccccc1-c1noc(-c2ccc(NCCc3cnccn3)nc2)n1. The maximum atomic E-state index is 5.40. The second-order valence-corrected chi connectivity index (χ2v) is 6.04. The largest absolute Gasteiger partial charge is 0.370 e. The Kier molecular flexibility index (Phi) is 4.82. The molecule has 27 heavy (non-hydrogen) atoms. The van der Waals surface area contributed by atoms with Crippen molar-refractivity contribution < 1.29 is 4.52 Å². The lowest BCUT2D eigenvalue weighted by atomic mass is 10.1. The zero-order valence-electron chi connectivity index (χ0n) is 14.8. The van der Waals surface area contributed by atoms with Gasteiger partial charge >= 0.3 is 0 Å². The Labute approximate surface area is 156 Å². The van der Waals surface area contributed by atoms with Crippen molar-refractivity contribution in [1.82, 2.24) is 25.1 Å². The molecule has 1 aromatic carbocycles. The van der Waals surface area contributed by atoms with Gasteiger partial charge < -0.3 is 9.84 Å². The third-order valence-corrected chi connectivity index (χ3v) is 4.13. The second-order valence-electron chi connectivity index (χ2n) is 6.04. The van der Waals surface area contributed by atoms with Crippen molar-refractivity contribution in [2.45, 2.75) is 13.3 Å². The van der Waals surface area contributed by atoms with E-state index in [2.05, 4.69) is 30.4 Å². The van der Waals surface area contributed by atoms with Crippen LogP contribution in [0.4, 0.5) is 5.82 Å². The Morgan fingerprint density at radius 1 is 1.00 bits per heavy atom. The van der Waals surface area contributed by atoms with Crippen molar-refractivity contribution in [1.29, 1.82) is 0 Å². The highest BCUT2D eigenvalue weighted by atomic mass is 16.5. The number of pyridine rings is 1. The average Bonchev–Trinajstić information content (AvgIpc) is 3.20. The lowest BCUT2D eigenvalue weighted by molar-refractivity contribution is 0.432. The molecule has 0 bridgehead atoms. The first kappa shape index (κ1) is 16.8. The molecule has 0 aliphatic heterocycles. The molecular weight excluding hydrogens is 340 g/mol. The third kappa shape index (κ3) is 3.98. The Morgan fingerprint density at radius 2 is 1.93 bits per heavy atom. The van der Waals surface area contributed by atoms with E-state index in [-0.39, 0.29) is 0 Å². The van der Waals surface area contributed by atoms with Crippen LogP contribution >= 0.6 is 0 Å². The van der Waals surface area contributed by atoms with Crippen LogP contribution in [0.3, 0.4) is 0 Å². The summed E-state index contributed by atoms with van der Waals surface area (Å²) >= 11 is 0. The van der Waals surface area contributed by atoms with Crippen molar-refractivity contribution in [3.05, 3.63) is 72.4 Å². The molecule has 1 N–H and O–H groups in total. The monoisotopic (exact) mass is 358 g/mol. The minimum atomic E-state index is 0.451. The zero-order chi connectivity index (χ0) is 18.5. The van der Waals surface area contributed by atoms with E-state index in [1.165, 1.54) is 0 Å². The van der Waals surface area contributed by atoms with E-state index < -0.39 is 0 Å². The smallest absolute Gasteiger partial charge is 0.259 e.